The van der Waals surface area contributed by atoms with Gasteiger partial charge in [0.25, 0.3) is 0 Å². The molecular weight excluding hydrogens is 200 g/mol. The summed E-state index contributed by atoms with van der Waals surface area (Å²) in [4.78, 5) is 3.90. The molecule has 2 rings (SSSR count). The lowest BCUT2D eigenvalue weighted by molar-refractivity contribution is 0.697. The van der Waals surface area contributed by atoms with E-state index in [1.165, 1.54) is 6.33 Å². The Morgan fingerprint density at radius 1 is 1.57 bits per heavy atom. The summed E-state index contributed by atoms with van der Waals surface area (Å²) < 4.78 is 1.78. The van der Waals surface area contributed by atoms with Crippen molar-refractivity contribution in [1.82, 2.24) is 14.6 Å². The van der Waals surface area contributed by atoms with Gasteiger partial charge >= 0.3 is 0 Å². The minimum absolute atomic E-state index is 0.113. The fourth-order valence-corrected chi connectivity index (χ4v) is 1.63. The summed E-state index contributed by atoms with van der Waals surface area (Å²) in [6.07, 6.45) is 2.22. The van der Waals surface area contributed by atoms with Gasteiger partial charge in [0.1, 0.15) is 11.8 Å². The van der Waals surface area contributed by atoms with Gasteiger partial charge in [-0.3, -0.25) is 0 Å². The highest BCUT2D eigenvalue weighted by molar-refractivity contribution is 6.32. The maximum Gasteiger partial charge on any atom is 0.156 e. The average Bonchev–Trinajstić information content (AvgIpc) is 2.49. The minimum atomic E-state index is 0.113. The lowest BCUT2D eigenvalue weighted by Gasteiger charge is -2.04. The number of nitrogens with zero attached hydrogens (tertiary/aromatic N) is 3. The second-order valence-electron chi connectivity index (χ2n) is 3.35. The zero-order chi connectivity index (χ0) is 10.1. The van der Waals surface area contributed by atoms with E-state index in [0.29, 0.717) is 5.15 Å². The van der Waals surface area contributed by atoms with Crippen molar-refractivity contribution in [3.05, 3.63) is 29.3 Å². The van der Waals surface area contributed by atoms with E-state index in [4.69, 9.17) is 17.3 Å². The van der Waals surface area contributed by atoms with Gasteiger partial charge in [0.15, 0.2) is 5.15 Å². The number of fused-ring (bicyclic) bond motifs is 1. The molecule has 0 radical (unpaired) electrons. The molecule has 0 aliphatic heterocycles. The molecule has 4 nitrogen and oxygen atoms in total. The molecule has 2 heterocycles. The third-order valence-corrected chi connectivity index (χ3v) is 2.31. The van der Waals surface area contributed by atoms with E-state index < -0.39 is 0 Å². The zero-order valence-corrected chi connectivity index (χ0v) is 8.57. The molecule has 14 heavy (non-hydrogen) atoms. The third kappa shape index (κ3) is 1.58. The Hall–Kier alpha value is -1.13. The van der Waals surface area contributed by atoms with Crippen LogP contribution in [-0.4, -0.2) is 20.6 Å². The van der Waals surface area contributed by atoms with Crippen molar-refractivity contribution in [1.29, 1.82) is 0 Å². The summed E-state index contributed by atoms with van der Waals surface area (Å²) in [5.74, 6) is 0. The fourth-order valence-electron chi connectivity index (χ4n) is 1.44. The van der Waals surface area contributed by atoms with Crippen molar-refractivity contribution in [2.24, 2.45) is 5.73 Å². The normalized spacial score (nSPS) is 13.4. The molecule has 0 aromatic carbocycles. The molecule has 0 aliphatic carbocycles. The van der Waals surface area contributed by atoms with E-state index >= 15 is 0 Å². The molecule has 5 heteroatoms. The van der Waals surface area contributed by atoms with Gasteiger partial charge in [-0.15, -0.1) is 0 Å². The van der Waals surface area contributed by atoms with Crippen molar-refractivity contribution in [2.45, 2.75) is 19.4 Å². The number of hydrogen-bond acceptors (Lipinski definition) is 3. The Kier molecular flexibility index (Phi) is 2.39. The molecule has 0 saturated carbocycles. The average molecular weight is 211 g/mol. The predicted octanol–water partition coefficient (Wildman–Crippen LogP) is 1.27. The SMILES string of the molecule is CC(N)Cc1ccc2c(Cl)ncnn12. The van der Waals surface area contributed by atoms with E-state index in [9.17, 15) is 0 Å². The van der Waals surface area contributed by atoms with Gasteiger partial charge in [-0.1, -0.05) is 11.6 Å². The largest absolute Gasteiger partial charge is 0.328 e. The highest BCUT2D eigenvalue weighted by atomic mass is 35.5. The summed E-state index contributed by atoms with van der Waals surface area (Å²) in [6.45, 7) is 1.96. The Morgan fingerprint density at radius 3 is 3.07 bits per heavy atom. The zero-order valence-electron chi connectivity index (χ0n) is 7.81. The Labute approximate surface area is 86.7 Å². The first-order chi connectivity index (χ1) is 6.68. The van der Waals surface area contributed by atoms with Crippen LogP contribution in [0.15, 0.2) is 18.5 Å². The first kappa shape index (κ1) is 9.43. The maximum atomic E-state index is 5.90. The highest BCUT2D eigenvalue weighted by Gasteiger charge is 2.07. The quantitative estimate of drug-likeness (QED) is 0.812. The molecule has 2 N–H and O–H groups in total. The van der Waals surface area contributed by atoms with Crippen LogP contribution in [0, 0.1) is 0 Å². The van der Waals surface area contributed by atoms with Crippen LogP contribution in [0.5, 0.6) is 0 Å². The Bertz CT molecular complexity index is 449. The summed E-state index contributed by atoms with van der Waals surface area (Å²) in [6, 6.07) is 3.99. The molecule has 1 unspecified atom stereocenters. The highest BCUT2D eigenvalue weighted by Crippen LogP contribution is 2.16. The number of aromatic nitrogens is 3. The molecule has 0 saturated heterocycles. The number of halogens is 1. The molecular formula is C9H11ClN4. The van der Waals surface area contributed by atoms with Gasteiger partial charge in [-0.05, 0) is 19.1 Å². The van der Waals surface area contributed by atoms with E-state index in [2.05, 4.69) is 10.1 Å². The topological polar surface area (TPSA) is 56.2 Å². The molecule has 0 amide bonds. The van der Waals surface area contributed by atoms with E-state index in [1.807, 2.05) is 19.1 Å². The van der Waals surface area contributed by atoms with Gasteiger partial charge in [0, 0.05) is 18.2 Å². The van der Waals surface area contributed by atoms with Crippen molar-refractivity contribution in [2.75, 3.05) is 0 Å². The Morgan fingerprint density at radius 2 is 2.36 bits per heavy atom. The van der Waals surface area contributed by atoms with Gasteiger partial charge in [0.05, 0.1) is 0 Å². The standard InChI is InChI=1S/C9H11ClN4/c1-6(11)4-7-2-3-8-9(10)12-5-13-14(7)8/h2-3,5-6H,4,11H2,1H3. The predicted molar refractivity (Wildman–Crippen MR) is 55.4 cm³/mol. The molecule has 74 valence electrons. The Balaban J connectivity index is 2.52. The van der Waals surface area contributed by atoms with Gasteiger partial charge in [-0.2, -0.15) is 5.10 Å². The first-order valence-corrected chi connectivity index (χ1v) is 4.79. The molecule has 0 bridgehead atoms. The van der Waals surface area contributed by atoms with Crippen molar-refractivity contribution in [3.63, 3.8) is 0 Å². The molecule has 0 aliphatic rings. The third-order valence-electron chi connectivity index (χ3n) is 2.01. The van der Waals surface area contributed by atoms with E-state index in [1.54, 1.807) is 4.52 Å². The second kappa shape index (κ2) is 3.55. The van der Waals surface area contributed by atoms with Crippen LogP contribution in [0.4, 0.5) is 0 Å². The molecule has 1 atom stereocenters. The number of rotatable bonds is 2. The lowest BCUT2D eigenvalue weighted by Crippen LogP contribution is -2.19. The number of nitrogens with two attached hydrogens (primary N) is 1. The van der Waals surface area contributed by atoms with Crippen LogP contribution in [-0.2, 0) is 6.42 Å². The van der Waals surface area contributed by atoms with Gasteiger partial charge in [-0.25, -0.2) is 9.50 Å². The van der Waals surface area contributed by atoms with Crippen LogP contribution in [0.1, 0.15) is 12.6 Å². The first-order valence-electron chi connectivity index (χ1n) is 4.41. The van der Waals surface area contributed by atoms with Crippen molar-refractivity contribution < 1.29 is 0 Å². The van der Waals surface area contributed by atoms with Crippen LogP contribution in [0.2, 0.25) is 5.15 Å². The van der Waals surface area contributed by atoms with Crippen LogP contribution in [0.3, 0.4) is 0 Å². The summed E-state index contributed by atoms with van der Waals surface area (Å²) in [7, 11) is 0. The van der Waals surface area contributed by atoms with Crippen molar-refractivity contribution >= 4 is 17.1 Å². The monoisotopic (exact) mass is 210 g/mol. The van der Waals surface area contributed by atoms with E-state index in [0.717, 1.165) is 17.6 Å². The van der Waals surface area contributed by atoms with Gasteiger partial charge in [0.2, 0.25) is 0 Å². The molecule has 0 fully saturated rings. The molecule has 2 aromatic heterocycles. The summed E-state index contributed by atoms with van der Waals surface area (Å²) in [5.41, 5.74) is 7.60. The number of hydrogen-bond donors (Lipinski definition) is 1. The van der Waals surface area contributed by atoms with E-state index in [-0.39, 0.29) is 6.04 Å². The second-order valence-corrected chi connectivity index (χ2v) is 3.71. The fraction of sp³-hybridized carbons (Fsp3) is 0.333. The maximum absolute atomic E-state index is 5.90. The van der Waals surface area contributed by atoms with Gasteiger partial charge < -0.3 is 5.73 Å². The smallest absolute Gasteiger partial charge is 0.156 e. The van der Waals surface area contributed by atoms with Crippen LogP contribution >= 0.6 is 11.6 Å². The molecule has 0 spiro atoms. The van der Waals surface area contributed by atoms with Crippen LogP contribution in [0.25, 0.3) is 5.52 Å². The molecule has 2 aromatic rings. The summed E-state index contributed by atoms with van der Waals surface area (Å²) >= 11 is 5.90. The summed E-state index contributed by atoms with van der Waals surface area (Å²) in [5, 5.41) is 4.59. The minimum Gasteiger partial charge on any atom is -0.328 e. The lowest BCUT2D eigenvalue weighted by atomic mass is 10.2. The van der Waals surface area contributed by atoms with Crippen molar-refractivity contribution in [3.8, 4) is 0 Å². The van der Waals surface area contributed by atoms with Crippen LogP contribution < -0.4 is 5.73 Å².